The van der Waals surface area contributed by atoms with E-state index in [1.165, 1.54) is 0 Å². The van der Waals surface area contributed by atoms with Gasteiger partial charge in [-0.05, 0) is 19.4 Å². The van der Waals surface area contributed by atoms with Crippen LogP contribution in [0.5, 0.6) is 0 Å². The van der Waals surface area contributed by atoms with Crippen molar-refractivity contribution in [3.63, 3.8) is 0 Å². The summed E-state index contributed by atoms with van der Waals surface area (Å²) in [4.78, 5) is 1.83. The van der Waals surface area contributed by atoms with Crippen molar-refractivity contribution in [3.05, 3.63) is 12.7 Å². The number of hydrogen-bond donors (Lipinski definition) is 0. The van der Waals surface area contributed by atoms with Gasteiger partial charge < -0.3 is 4.90 Å². The summed E-state index contributed by atoms with van der Waals surface area (Å²) in [5.74, 6) is 0. The Balaban J connectivity index is 3.77. The molecule has 0 aromatic carbocycles. The Morgan fingerprint density at radius 3 is 2.29 bits per heavy atom. The molecule has 0 saturated carbocycles. The largest absolute Gasteiger partial charge is 0.390 e. The molecule has 0 fully saturated rings. The van der Waals surface area contributed by atoms with Crippen LogP contribution < -0.4 is 0 Å². The first-order valence-corrected chi connectivity index (χ1v) is 4.89. The first kappa shape index (κ1) is 13.5. The molecule has 0 unspecified atom stereocenters. The van der Waals surface area contributed by atoms with Crippen molar-refractivity contribution in [3.8, 4) is 0 Å². The molecule has 0 heterocycles. The zero-order chi connectivity index (χ0) is 11.0. The van der Waals surface area contributed by atoms with Crippen molar-refractivity contribution in [1.82, 2.24) is 4.90 Å². The third-order valence-electron chi connectivity index (χ3n) is 1.90. The summed E-state index contributed by atoms with van der Waals surface area (Å²) in [5.41, 5.74) is 0. The average Bonchev–Trinajstić information content (AvgIpc) is 2.08. The van der Waals surface area contributed by atoms with E-state index in [4.69, 9.17) is 0 Å². The lowest BCUT2D eigenvalue weighted by Crippen LogP contribution is -2.29. The molecule has 0 N–H and O–H groups in total. The Morgan fingerprint density at radius 2 is 1.86 bits per heavy atom. The zero-order valence-corrected chi connectivity index (χ0v) is 8.61. The van der Waals surface area contributed by atoms with E-state index in [1.54, 1.807) is 6.08 Å². The highest BCUT2D eigenvalue weighted by Crippen LogP contribution is 2.19. The van der Waals surface area contributed by atoms with Crippen LogP contribution in [0.3, 0.4) is 0 Å². The second-order valence-corrected chi connectivity index (χ2v) is 3.28. The fourth-order valence-electron chi connectivity index (χ4n) is 1.21. The Morgan fingerprint density at radius 1 is 1.21 bits per heavy atom. The van der Waals surface area contributed by atoms with E-state index in [0.717, 1.165) is 19.4 Å². The van der Waals surface area contributed by atoms with Crippen LogP contribution >= 0.6 is 0 Å². The van der Waals surface area contributed by atoms with E-state index in [1.807, 2.05) is 11.8 Å². The van der Waals surface area contributed by atoms with Gasteiger partial charge in [-0.15, -0.1) is 6.58 Å². The fraction of sp³-hybridized carbons (Fsp3) is 0.800. The normalized spacial score (nSPS) is 12.1. The van der Waals surface area contributed by atoms with Crippen LogP contribution in [0.4, 0.5) is 13.2 Å². The van der Waals surface area contributed by atoms with Crippen LogP contribution in [-0.2, 0) is 0 Å². The van der Waals surface area contributed by atoms with Gasteiger partial charge in [0.25, 0.3) is 0 Å². The average molecular weight is 209 g/mol. The maximum absolute atomic E-state index is 11.9. The van der Waals surface area contributed by atoms with Crippen molar-refractivity contribution in [2.24, 2.45) is 0 Å². The Bertz CT molecular complexity index is 154. The first-order chi connectivity index (χ1) is 6.49. The molecule has 0 spiro atoms. The summed E-state index contributed by atoms with van der Waals surface area (Å²) >= 11 is 0. The summed E-state index contributed by atoms with van der Waals surface area (Å²) in [7, 11) is 0. The van der Waals surface area contributed by atoms with Gasteiger partial charge >= 0.3 is 6.18 Å². The van der Waals surface area contributed by atoms with Crippen molar-refractivity contribution in [2.45, 2.75) is 32.4 Å². The molecular formula is C10H18F3N. The summed E-state index contributed by atoms with van der Waals surface area (Å²) in [6, 6.07) is 0. The molecule has 0 amide bonds. The smallest absolute Gasteiger partial charge is 0.303 e. The van der Waals surface area contributed by atoms with E-state index in [0.29, 0.717) is 6.54 Å². The van der Waals surface area contributed by atoms with Gasteiger partial charge in [0.15, 0.2) is 0 Å². The molecule has 14 heavy (non-hydrogen) atoms. The summed E-state index contributed by atoms with van der Waals surface area (Å²) in [6.45, 7) is 7.02. The summed E-state index contributed by atoms with van der Waals surface area (Å²) in [5, 5.41) is 0. The molecule has 0 radical (unpaired) electrons. The van der Waals surface area contributed by atoms with Gasteiger partial charge in [-0.3, -0.25) is 0 Å². The Labute approximate surface area is 83.6 Å². The van der Waals surface area contributed by atoms with E-state index in [9.17, 15) is 13.2 Å². The van der Waals surface area contributed by atoms with Gasteiger partial charge in [0, 0.05) is 13.1 Å². The Kier molecular flexibility index (Phi) is 6.62. The molecule has 0 bridgehead atoms. The third kappa shape index (κ3) is 8.10. The van der Waals surface area contributed by atoms with E-state index in [-0.39, 0.29) is 6.54 Å². The molecule has 1 nitrogen and oxygen atoms in total. The van der Waals surface area contributed by atoms with Crippen LogP contribution in [0.15, 0.2) is 12.7 Å². The van der Waals surface area contributed by atoms with Crippen LogP contribution in [-0.4, -0.2) is 30.7 Å². The topological polar surface area (TPSA) is 3.24 Å². The minimum atomic E-state index is -4.04. The monoisotopic (exact) mass is 209 g/mol. The highest BCUT2D eigenvalue weighted by Gasteiger charge is 2.27. The second kappa shape index (κ2) is 6.87. The quantitative estimate of drug-likeness (QED) is 0.582. The molecular weight excluding hydrogens is 191 g/mol. The fourth-order valence-corrected chi connectivity index (χ4v) is 1.21. The number of halogens is 3. The Hall–Kier alpha value is -0.510. The molecule has 0 aliphatic carbocycles. The number of nitrogens with zero attached hydrogens (tertiary/aromatic N) is 1. The predicted octanol–water partition coefficient (Wildman–Crippen LogP) is 3.23. The third-order valence-corrected chi connectivity index (χ3v) is 1.90. The van der Waals surface area contributed by atoms with Gasteiger partial charge in [-0.25, -0.2) is 0 Å². The molecule has 0 atom stereocenters. The van der Waals surface area contributed by atoms with E-state index >= 15 is 0 Å². The summed E-state index contributed by atoms with van der Waals surface area (Å²) in [6.07, 6.45) is -1.40. The van der Waals surface area contributed by atoms with Gasteiger partial charge in [0.2, 0.25) is 0 Å². The van der Waals surface area contributed by atoms with E-state index < -0.39 is 12.6 Å². The highest BCUT2D eigenvalue weighted by molar-refractivity contribution is 4.70. The molecule has 0 aliphatic rings. The predicted molar refractivity (Wildman–Crippen MR) is 52.2 cm³/mol. The number of alkyl halides is 3. The van der Waals surface area contributed by atoms with Gasteiger partial charge in [0.1, 0.15) is 0 Å². The number of hydrogen-bond acceptors (Lipinski definition) is 1. The zero-order valence-electron chi connectivity index (χ0n) is 8.61. The van der Waals surface area contributed by atoms with Crippen molar-refractivity contribution in [1.29, 1.82) is 0 Å². The van der Waals surface area contributed by atoms with E-state index in [2.05, 4.69) is 6.58 Å². The molecule has 0 aromatic rings. The molecule has 0 saturated heterocycles. The van der Waals surface area contributed by atoms with Crippen LogP contribution in [0.2, 0.25) is 0 Å². The van der Waals surface area contributed by atoms with Crippen LogP contribution in [0.1, 0.15) is 26.2 Å². The van der Waals surface area contributed by atoms with Crippen molar-refractivity contribution >= 4 is 0 Å². The number of rotatable bonds is 7. The molecule has 4 heteroatoms. The second-order valence-electron chi connectivity index (χ2n) is 3.28. The van der Waals surface area contributed by atoms with Gasteiger partial charge in [-0.2, -0.15) is 13.2 Å². The van der Waals surface area contributed by atoms with Gasteiger partial charge in [0.05, 0.1) is 6.42 Å². The maximum atomic E-state index is 11.9. The summed E-state index contributed by atoms with van der Waals surface area (Å²) < 4.78 is 35.8. The molecule has 0 rings (SSSR count). The lowest BCUT2D eigenvalue weighted by atomic mass is 10.3. The lowest BCUT2D eigenvalue weighted by Gasteiger charge is -2.21. The molecule has 0 aromatic heterocycles. The van der Waals surface area contributed by atoms with Crippen molar-refractivity contribution in [2.75, 3.05) is 19.6 Å². The minimum Gasteiger partial charge on any atom is -0.303 e. The highest BCUT2D eigenvalue weighted by atomic mass is 19.4. The van der Waals surface area contributed by atoms with Crippen LogP contribution in [0, 0.1) is 0 Å². The minimum absolute atomic E-state index is 0.102. The SMILES string of the molecule is C=CCCN(CCC)CCC(F)(F)F. The molecule has 0 aliphatic heterocycles. The van der Waals surface area contributed by atoms with Gasteiger partial charge in [-0.1, -0.05) is 13.0 Å². The maximum Gasteiger partial charge on any atom is 0.390 e. The first-order valence-electron chi connectivity index (χ1n) is 4.89. The lowest BCUT2D eigenvalue weighted by molar-refractivity contribution is -0.137. The van der Waals surface area contributed by atoms with Crippen molar-refractivity contribution < 1.29 is 13.2 Å². The standard InChI is InChI=1S/C10H18F3N/c1-3-5-8-14(7-4-2)9-6-10(11,12)13/h3H,1,4-9H2,2H3. The van der Waals surface area contributed by atoms with Crippen LogP contribution in [0.25, 0.3) is 0 Å². The molecule has 84 valence electrons.